The van der Waals surface area contributed by atoms with Gasteiger partial charge in [-0.15, -0.1) is 11.3 Å². The largest absolute Gasteiger partial charge is 0.371 e. The zero-order chi connectivity index (χ0) is 19.0. The summed E-state index contributed by atoms with van der Waals surface area (Å²) < 4.78 is 15.9. The maximum Gasteiger partial charge on any atom is 0.222 e. The Hall–Kier alpha value is -3.35. The van der Waals surface area contributed by atoms with Gasteiger partial charge in [0.05, 0.1) is 17.4 Å². The molecule has 4 aromatic rings. The van der Waals surface area contributed by atoms with Gasteiger partial charge < -0.3 is 10.8 Å². The van der Waals surface area contributed by atoms with Crippen molar-refractivity contribution in [3.05, 3.63) is 58.7 Å². The summed E-state index contributed by atoms with van der Waals surface area (Å²) in [6.07, 6.45) is 4.65. The Bertz CT molecular complexity index is 1190. The van der Waals surface area contributed by atoms with Crippen LogP contribution < -0.4 is 5.73 Å². The van der Waals surface area contributed by atoms with Gasteiger partial charge in [0.15, 0.2) is 11.2 Å². The summed E-state index contributed by atoms with van der Waals surface area (Å²) in [6, 6.07) is 4.44. The highest BCUT2D eigenvalue weighted by atomic mass is 32.1. The molecule has 3 N–H and O–H groups in total. The molecule has 0 aliphatic heterocycles. The van der Waals surface area contributed by atoms with E-state index in [1.165, 1.54) is 30.5 Å². The molecule has 3 aromatic heterocycles. The summed E-state index contributed by atoms with van der Waals surface area (Å²) in [5.41, 5.74) is 5.98. The zero-order valence-electron chi connectivity index (χ0n) is 14.1. The lowest BCUT2D eigenvalue weighted by atomic mass is 10.1. The van der Waals surface area contributed by atoms with Crippen molar-refractivity contribution < 1.29 is 9.50 Å². The van der Waals surface area contributed by atoms with E-state index in [0.29, 0.717) is 21.9 Å². The van der Waals surface area contributed by atoms with E-state index in [1.54, 1.807) is 34.6 Å². The minimum absolute atomic E-state index is 0.117. The van der Waals surface area contributed by atoms with Gasteiger partial charge in [-0.3, -0.25) is 4.57 Å². The van der Waals surface area contributed by atoms with Crippen molar-refractivity contribution in [1.82, 2.24) is 24.5 Å². The number of nitrogens with two attached hydrogens (primary N) is 1. The minimum Gasteiger partial charge on any atom is -0.371 e. The normalized spacial score (nSPS) is 13.1. The fourth-order valence-electron chi connectivity index (χ4n) is 2.48. The van der Waals surface area contributed by atoms with Crippen molar-refractivity contribution in [2.24, 2.45) is 0 Å². The van der Waals surface area contributed by atoms with Crippen molar-refractivity contribution in [2.45, 2.75) is 12.5 Å². The molecule has 4 rings (SSSR count). The second kappa shape index (κ2) is 6.42. The molecule has 0 saturated carbocycles. The Kier molecular flexibility index (Phi) is 4.07. The number of rotatable bonds is 2. The second-order valence-corrected chi connectivity index (χ2v) is 6.77. The van der Waals surface area contributed by atoms with Crippen molar-refractivity contribution in [3.8, 4) is 17.5 Å². The fraction of sp³-hybridized carbons (Fsp3) is 0.111. The quantitative estimate of drug-likeness (QED) is 0.517. The van der Waals surface area contributed by atoms with Gasteiger partial charge in [0.1, 0.15) is 22.7 Å². The number of nitrogen functional groups attached to an aromatic ring is 1. The third-order valence-electron chi connectivity index (χ3n) is 3.83. The topological polar surface area (TPSA) is 103 Å². The molecule has 1 unspecified atom stereocenters. The first-order valence-electron chi connectivity index (χ1n) is 7.85. The highest BCUT2D eigenvalue weighted by Crippen LogP contribution is 2.23. The van der Waals surface area contributed by atoms with E-state index in [1.807, 2.05) is 0 Å². The van der Waals surface area contributed by atoms with E-state index in [4.69, 9.17) is 5.73 Å². The molecule has 9 heteroatoms. The summed E-state index contributed by atoms with van der Waals surface area (Å²) >= 11 is 1.28. The summed E-state index contributed by atoms with van der Waals surface area (Å²) in [6.45, 7) is 1.52. The van der Waals surface area contributed by atoms with Gasteiger partial charge >= 0.3 is 0 Å². The number of halogens is 1. The number of anilines is 1. The Labute approximate surface area is 157 Å². The van der Waals surface area contributed by atoms with Gasteiger partial charge in [-0.25, -0.2) is 19.3 Å². The summed E-state index contributed by atoms with van der Waals surface area (Å²) in [7, 11) is 0. The van der Waals surface area contributed by atoms with Crippen LogP contribution in [0.3, 0.4) is 0 Å². The van der Waals surface area contributed by atoms with Crippen LogP contribution in [0.1, 0.15) is 17.5 Å². The van der Waals surface area contributed by atoms with Crippen LogP contribution in [0.4, 0.5) is 10.3 Å². The SMILES string of the molecule is CC(O)(C#Cc1cc(-n2cnc3cnc(N)nc32)ccc1F)c1nccs1. The summed E-state index contributed by atoms with van der Waals surface area (Å²) in [5.74, 6) is 5.00. The molecule has 134 valence electrons. The monoisotopic (exact) mass is 380 g/mol. The summed E-state index contributed by atoms with van der Waals surface area (Å²) in [4.78, 5) is 16.3. The molecule has 0 saturated heterocycles. The molecule has 0 bridgehead atoms. The third kappa shape index (κ3) is 3.23. The molecule has 1 aromatic carbocycles. The second-order valence-electron chi connectivity index (χ2n) is 5.88. The fourth-order valence-corrected chi connectivity index (χ4v) is 3.13. The molecule has 0 aliphatic carbocycles. The van der Waals surface area contributed by atoms with E-state index in [0.717, 1.165) is 0 Å². The van der Waals surface area contributed by atoms with Crippen LogP contribution in [0.2, 0.25) is 0 Å². The number of fused-ring (bicyclic) bond motifs is 1. The van der Waals surface area contributed by atoms with Gasteiger partial charge in [-0.2, -0.15) is 4.98 Å². The molecule has 0 radical (unpaired) electrons. The van der Waals surface area contributed by atoms with E-state index in [9.17, 15) is 9.50 Å². The lowest BCUT2D eigenvalue weighted by Crippen LogP contribution is -2.18. The highest BCUT2D eigenvalue weighted by Gasteiger charge is 2.23. The number of imidazole rings is 1. The van der Waals surface area contributed by atoms with Gasteiger partial charge in [-0.05, 0) is 25.1 Å². The van der Waals surface area contributed by atoms with Crippen molar-refractivity contribution in [1.29, 1.82) is 0 Å². The number of hydrogen-bond donors (Lipinski definition) is 2. The van der Waals surface area contributed by atoms with Crippen LogP contribution in [-0.4, -0.2) is 29.6 Å². The molecular formula is C18H13FN6OS. The van der Waals surface area contributed by atoms with Crippen molar-refractivity contribution in [2.75, 3.05) is 5.73 Å². The molecular weight excluding hydrogens is 367 g/mol. The van der Waals surface area contributed by atoms with Crippen molar-refractivity contribution >= 4 is 28.4 Å². The lowest BCUT2D eigenvalue weighted by molar-refractivity contribution is 0.122. The van der Waals surface area contributed by atoms with E-state index >= 15 is 0 Å². The molecule has 0 amide bonds. The number of thiazole rings is 1. The Morgan fingerprint density at radius 1 is 1.30 bits per heavy atom. The van der Waals surface area contributed by atoms with Crippen LogP contribution in [-0.2, 0) is 5.60 Å². The van der Waals surface area contributed by atoms with Crippen LogP contribution in [0.25, 0.3) is 16.9 Å². The number of benzene rings is 1. The first-order chi connectivity index (χ1) is 12.9. The smallest absolute Gasteiger partial charge is 0.222 e. The number of nitrogens with zero attached hydrogens (tertiary/aromatic N) is 5. The Balaban J connectivity index is 1.77. The van der Waals surface area contributed by atoms with Gasteiger partial charge in [0.25, 0.3) is 0 Å². The summed E-state index contributed by atoms with van der Waals surface area (Å²) in [5, 5.41) is 12.6. The van der Waals surface area contributed by atoms with E-state index in [-0.39, 0.29) is 11.5 Å². The highest BCUT2D eigenvalue weighted by molar-refractivity contribution is 7.09. The standard InChI is InChI=1S/C18H13FN6OS/c1-18(26,16-21-6-7-27-16)5-4-11-8-12(2-3-13(11)19)25-10-23-14-9-22-17(20)24-15(14)25/h2-3,6-10,26H,1H3,(H2,20,22,24). The third-order valence-corrected chi connectivity index (χ3v) is 4.81. The van der Waals surface area contributed by atoms with E-state index < -0.39 is 11.4 Å². The zero-order valence-corrected chi connectivity index (χ0v) is 14.9. The lowest BCUT2D eigenvalue weighted by Gasteiger charge is -2.12. The van der Waals surface area contributed by atoms with Gasteiger partial charge in [0.2, 0.25) is 5.95 Å². The van der Waals surface area contributed by atoms with Crippen LogP contribution >= 0.6 is 11.3 Å². The van der Waals surface area contributed by atoms with Gasteiger partial charge in [0, 0.05) is 11.6 Å². The maximum atomic E-state index is 14.2. The maximum absolute atomic E-state index is 14.2. The first kappa shape index (κ1) is 17.1. The molecule has 3 heterocycles. The first-order valence-corrected chi connectivity index (χ1v) is 8.73. The molecule has 0 fully saturated rings. The van der Waals surface area contributed by atoms with Crippen LogP contribution in [0, 0.1) is 17.7 Å². The number of aliphatic hydroxyl groups is 1. The average molecular weight is 380 g/mol. The number of aromatic nitrogens is 5. The van der Waals surface area contributed by atoms with Gasteiger partial charge in [-0.1, -0.05) is 11.8 Å². The Morgan fingerprint density at radius 2 is 2.15 bits per heavy atom. The average Bonchev–Trinajstić information content (AvgIpc) is 3.31. The molecule has 1 atom stereocenters. The molecule has 27 heavy (non-hydrogen) atoms. The minimum atomic E-state index is -1.47. The molecule has 7 nitrogen and oxygen atoms in total. The molecule has 0 aliphatic rings. The van der Waals surface area contributed by atoms with Crippen LogP contribution in [0.15, 0.2) is 42.3 Å². The van der Waals surface area contributed by atoms with E-state index in [2.05, 4.69) is 31.8 Å². The Morgan fingerprint density at radius 3 is 2.93 bits per heavy atom. The molecule has 0 spiro atoms. The predicted molar refractivity (Wildman–Crippen MR) is 99.6 cm³/mol. The van der Waals surface area contributed by atoms with Crippen LogP contribution in [0.5, 0.6) is 0 Å². The van der Waals surface area contributed by atoms with Crippen molar-refractivity contribution in [3.63, 3.8) is 0 Å². The predicted octanol–water partition coefficient (Wildman–Crippen LogP) is 2.25. The number of hydrogen-bond acceptors (Lipinski definition) is 7.